The maximum Gasteiger partial charge on any atom is 0.425 e. The van der Waals surface area contributed by atoms with Gasteiger partial charge in [0.2, 0.25) is 0 Å². The molecule has 0 aliphatic carbocycles. The molecule has 0 spiro atoms. The van der Waals surface area contributed by atoms with Crippen molar-refractivity contribution in [3.8, 4) is 0 Å². The molecule has 0 amide bonds. The lowest BCUT2D eigenvalue weighted by Crippen LogP contribution is -2.44. The minimum Gasteiger partial charge on any atom is -0.468 e. The van der Waals surface area contributed by atoms with Crippen molar-refractivity contribution in [2.75, 3.05) is 0 Å². The van der Waals surface area contributed by atoms with Crippen LogP contribution in [0.3, 0.4) is 0 Å². The van der Waals surface area contributed by atoms with Gasteiger partial charge in [-0.1, -0.05) is 36.4 Å². The van der Waals surface area contributed by atoms with E-state index in [-0.39, 0.29) is 29.0 Å². The average Bonchev–Trinajstić information content (AvgIpc) is 2.85. The Balaban J connectivity index is 1.66. The Hall–Kier alpha value is -3.95. The molecule has 37 heavy (non-hydrogen) atoms. The molecule has 0 radical (unpaired) electrons. The fraction of sp³-hybridized carbons (Fsp3) is 0.296. The van der Waals surface area contributed by atoms with Crippen LogP contribution in [0, 0.1) is 12.7 Å². The van der Waals surface area contributed by atoms with Gasteiger partial charge in [-0.2, -0.15) is 13.2 Å². The Morgan fingerprint density at radius 1 is 1.03 bits per heavy atom. The number of carbonyl (C=O) groups excluding carboxylic acids is 2. The number of hydrogen-bond acceptors (Lipinski definition) is 6. The standard InChI is InChI=1S/C27H23F4N3O3/c1-16-14-33-21(15-32-16)23(36)11-17-8-9-20(28)19(10-17)26(2)13-24(27(29,30)31)37-25(34-26)12-22(35)18-6-4-3-5-7-18/h3-10,14-15,24H,11-13H2,1-2H3/t24-,26-/m0/s1. The summed E-state index contributed by atoms with van der Waals surface area (Å²) in [6.45, 7) is 3.08. The van der Waals surface area contributed by atoms with Crippen LogP contribution in [0.4, 0.5) is 17.6 Å². The maximum atomic E-state index is 15.0. The van der Waals surface area contributed by atoms with Crippen molar-refractivity contribution in [3.05, 3.63) is 94.8 Å². The van der Waals surface area contributed by atoms with E-state index in [4.69, 9.17) is 4.74 Å². The van der Waals surface area contributed by atoms with Crippen LogP contribution in [-0.2, 0) is 16.7 Å². The SMILES string of the molecule is Cc1cnc(C(=O)Cc2ccc(F)c([C@]3(C)C[C@@H](C(F)(F)F)OC(CC(=O)c4ccccc4)=N3)c2)cn1. The molecular weight excluding hydrogens is 490 g/mol. The highest BCUT2D eigenvalue weighted by Gasteiger charge is 2.50. The molecule has 2 aromatic carbocycles. The van der Waals surface area contributed by atoms with E-state index >= 15 is 4.39 Å². The quantitative estimate of drug-likeness (QED) is 0.304. The maximum absolute atomic E-state index is 15.0. The number of rotatable bonds is 7. The van der Waals surface area contributed by atoms with Crippen molar-refractivity contribution in [1.29, 1.82) is 0 Å². The van der Waals surface area contributed by atoms with Crippen LogP contribution in [0.5, 0.6) is 0 Å². The van der Waals surface area contributed by atoms with E-state index in [1.54, 1.807) is 25.1 Å². The third-order valence-electron chi connectivity index (χ3n) is 6.05. The summed E-state index contributed by atoms with van der Waals surface area (Å²) in [4.78, 5) is 37.6. The molecule has 1 aromatic heterocycles. The molecule has 0 fully saturated rings. The van der Waals surface area contributed by atoms with E-state index in [1.807, 2.05) is 0 Å². The lowest BCUT2D eigenvalue weighted by Gasteiger charge is -2.37. The number of hydrogen-bond donors (Lipinski definition) is 0. The minimum atomic E-state index is -4.77. The van der Waals surface area contributed by atoms with E-state index < -0.39 is 48.2 Å². The van der Waals surface area contributed by atoms with Gasteiger partial charge in [-0.25, -0.2) is 14.4 Å². The van der Waals surface area contributed by atoms with Crippen LogP contribution >= 0.6 is 0 Å². The number of ether oxygens (including phenoxy) is 1. The van der Waals surface area contributed by atoms with Crippen LogP contribution in [0.25, 0.3) is 0 Å². The molecular formula is C27H23F4N3O3. The highest BCUT2D eigenvalue weighted by Crippen LogP contribution is 2.42. The van der Waals surface area contributed by atoms with Crippen molar-refractivity contribution >= 4 is 17.5 Å². The molecule has 2 atom stereocenters. The molecule has 0 N–H and O–H groups in total. The molecule has 0 bridgehead atoms. The minimum absolute atomic E-state index is 0.116. The number of Topliss-reactive ketones (excluding diaryl/α,β-unsaturated/α-hetero) is 2. The molecule has 1 aliphatic rings. The largest absolute Gasteiger partial charge is 0.468 e. The number of aryl methyl sites for hydroxylation is 1. The third-order valence-corrected chi connectivity index (χ3v) is 6.05. The number of alkyl halides is 3. The fourth-order valence-corrected chi connectivity index (χ4v) is 4.12. The number of benzene rings is 2. The summed E-state index contributed by atoms with van der Waals surface area (Å²) in [5.41, 5.74) is -0.419. The summed E-state index contributed by atoms with van der Waals surface area (Å²) < 4.78 is 61.4. The summed E-state index contributed by atoms with van der Waals surface area (Å²) in [6.07, 6.45) is -5.67. The van der Waals surface area contributed by atoms with E-state index in [0.717, 1.165) is 6.07 Å². The van der Waals surface area contributed by atoms with Gasteiger partial charge >= 0.3 is 6.18 Å². The Labute approximate surface area is 210 Å². The summed E-state index contributed by atoms with van der Waals surface area (Å²) >= 11 is 0. The van der Waals surface area contributed by atoms with Crippen molar-refractivity contribution < 1.29 is 31.9 Å². The first kappa shape index (κ1) is 26.1. The Kier molecular flexibility index (Phi) is 7.20. The molecule has 2 heterocycles. The van der Waals surface area contributed by atoms with Crippen molar-refractivity contribution in [3.63, 3.8) is 0 Å². The molecule has 0 saturated heterocycles. The highest BCUT2D eigenvalue weighted by atomic mass is 19.4. The molecule has 4 rings (SSSR count). The summed E-state index contributed by atoms with van der Waals surface area (Å²) in [5.74, 6) is -2.08. The fourth-order valence-electron chi connectivity index (χ4n) is 4.12. The number of nitrogens with zero attached hydrogens (tertiary/aromatic N) is 3. The molecule has 192 valence electrons. The zero-order valence-electron chi connectivity index (χ0n) is 20.1. The molecule has 0 unspecified atom stereocenters. The van der Waals surface area contributed by atoms with E-state index in [1.165, 1.54) is 43.6 Å². The topological polar surface area (TPSA) is 81.5 Å². The predicted molar refractivity (Wildman–Crippen MR) is 127 cm³/mol. The monoisotopic (exact) mass is 513 g/mol. The van der Waals surface area contributed by atoms with Gasteiger partial charge in [0.05, 0.1) is 23.9 Å². The second-order valence-electron chi connectivity index (χ2n) is 9.05. The normalized spacial score (nSPS) is 19.6. The first-order chi connectivity index (χ1) is 17.4. The lowest BCUT2D eigenvalue weighted by molar-refractivity contribution is -0.208. The molecule has 1 aliphatic heterocycles. The second-order valence-corrected chi connectivity index (χ2v) is 9.05. The van der Waals surface area contributed by atoms with Gasteiger partial charge in [0.1, 0.15) is 11.5 Å². The van der Waals surface area contributed by atoms with E-state index in [9.17, 15) is 22.8 Å². The number of aromatic nitrogens is 2. The van der Waals surface area contributed by atoms with Gasteiger partial charge < -0.3 is 4.74 Å². The van der Waals surface area contributed by atoms with Gasteiger partial charge in [-0.05, 0) is 31.5 Å². The van der Waals surface area contributed by atoms with Crippen molar-refractivity contribution in [1.82, 2.24) is 9.97 Å². The Morgan fingerprint density at radius 2 is 1.76 bits per heavy atom. The van der Waals surface area contributed by atoms with E-state index in [0.29, 0.717) is 11.3 Å². The van der Waals surface area contributed by atoms with E-state index in [2.05, 4.69) is 15.0 Å². The van der Waals surface area contributed by atoms with Crippen LogP contribution in [0.2, 0.25) is 0 Å². The van der Waals surface area contributed by atoms with Crippen LogP contribution in [0.1, 0.15) is 57.4 Å². The zero-order valence-corrected chi connectivity index (χ0v) is 20.1. The first-order valence-corrected chi connectivity index (χ1v) is 11.5. The number of halogens is 4. The number of aliphatic imine (C=N–C) groups is 1. The number of carbonyl (C=O) groups is 2. The molecule has 6 nitrogen and oxygen atoms in total. The molecule has 3 aromatic rings. The Morgan fingerprint density at radius 3 is 2.41 bits per heavy atom. The highest BCUT2D eigenvalue weighted by molar-refractivity contribution is 6.07. The molecule has 10 heteroatoms. The van der Waals surface area contributed by atoms with Crippen LogP contribution < -0.4 is 0 Å². The zero-order chi connectivity index (χ0) is 26.8. The van der Waals surface area contributed by atoms with Gasteiger partial charge in [-0.3, -0.25) is 14.6 Å². The predicted octanol–water partition coefficient (Wildman–Crippen LogP) is 5.59. The van der Waals surface area contributed by atoms with Crippen LogP contribution in [0.15, 0.2) is 65.9 Å². The number of ketones is 2. The van der Waals surface area contributed by atoms with Gasteiger partial charge in [-0.15, -0.1) is 0 Å². The van der Waals surface area contributed by atoms with Gasteiger partial charge in [0, 0.05) is 30.2 Å². The Bertz CT molecular complexity index is 1340. The summed E-state index contributed by atoms with van der Waals surface area (Å²) in [6, 6.07) is 11.8. The lowest BCUT2D eigenvalue weighted by atomic mass is 9.84. The van der Waals surface area contributed by atoms with Crippen molar-refractivity contribution in [2.24, 2.45) is 4.99 Å². The third kappa shape index (κ3) is 6.07. The smallest absolute Gasteiger partial charge is 0.425 e. The second kappa shape index (κ2) is 10.2. The van der Waals surface area contributed by atoms with Gasteiger partial charge in [0.15, 0.2) is 23.6 Å². The van der Waals surface area contributed by atoms with Crippen LogP contribution in [-0.4, -0.2) is 39.7 Å². The summed E-state index contributed by atoms with van der Waals surface area (Å²) in [5, 5.41) is 0. The average molecular weight is 513 g/mol. The van der Waals surface area contributed by atoms with Crippen molar-refractivity contribution in [2.45, 2.75) is 50.9 Å². The van der Waals surface area contributed by atoms with Gasteiger partial charge in [0.25, 0.3) is 0 Å². The first-order valence-electron chi connectivity index (χ1n) is 11.5. The summed E-state index contributed by atoms with van der Waals surface area (Å²) in [7, 11) is 0. The molecule has 0 saturated carbocycles.